The van der Waals surface area contributed by atoms with Crippen LogP contribution in [0.15, 0.2) is 0 Å². The lowest BCUT2D eigenvalue weighted by atomic mass is 9.47. The highest BCUT2D eigenvalue weighted by Crippen LogP contribution is 2.59. The van der Waals surface area contributed by atoms with E-state index < -0.39 is 23.0 Å². The third-order valence-corrected chi connectivity index (χ3v) is 6.77. The minimum atomic E-state index is -1.03. The highest BCUT2D eigenvalue weighted by Gasteiger charge is 2.72. The zero-order valence-corrected chi connectivity index (χ0v) is 13.4. The lowest BCUT2D eigenvalue weighted by Crippen LogP contribution is -2.81. The first-order valence-corrected chi connectivity index (χ1v) is 8.35. The quantitative estimate of drug-likeness (QED) is 0.771. The maximum Gasteiger partial charge on any atom is 0.327 e. The van der Waals surface area contributed by atoms with Gasteiger partial charge < -0.3 is 20.5 Å². The van der Waals surface area contributed by atoms with Gasteiger partial charge in [0.1, 0.15) is 11.6 Å². The average molecular weight is 314 g/mol. The molecule has 1 saturated carbocycles. The van der Waals surface area contributed by atoms with Crippen molar-refractivity contribution in [2.75, 3.05) is 12.4 Å². The summed E-state index contributed by atoms with van der Waals surface area (Å²) in [5.41, 5.74) is 5.04. The van der Waals surface area contributed by atoms with E-state index in [4.69, 9.17) is 10.5 Å². The number of hydrogen-bond acceptors (Lipinski definition) is 5. The Morgan fingerprint density at radius 1 is 1.43 bits per heavy atom. The number of carboxylic acids is 1. The maximum atomic E-state index is 13.1. The Morgan fingerprint density at radius 3 is 2.71 bits per heavy atom. The summed E-state index contributed by atoms with van der Waals surface area (Å²) in [4.78, 5) is 26.0. The molecule has 7 heteroatoms. The Bertz CT molecular complexity index is 497. The first-order valence-electron chi connectivity index (χ1n) is 7.30. The number of aliphatic carboxylic acids is 1. The molecule has 3 aliphatic rings. The number of nitrogens with zero attached hydrogens (tertiary/aromatic N) is 1. The van der Waals surface area contributed by atoms with E-state index in [1.807, 2.05) is 20.8 Å². The smallest absolute Gasteiger partial charge is 0.327 e. The van der Waals surface area contributed by atoms with Gasteiger partial charge in [-0.15, -0.1) is 11.8 Å². The average Bonchev–Trinajstić information content (AvgIpc) is 3.02. The lowest BCUT2D eigenvalue weighted by molar-refractivity contribution is -0.187. The van der Waals surface area contributed by atoms with E-state index in [1.165, 1.54) is 16.7 Å². The van der Waals surface area contributed by atoms with Gasteiger partial charge in [-0.2, -0.15) is 0 Å². The Morgan fingerprint density at radius 2 is 2.10 bits per heavy atom. The zero-order chi connectivity index (χ0) is 15.6. The van der Waals surface area contributed by atoms with Crippen molar-refractivity contribution in [1.29, 1.82) is 0 Å². The molecule has 2 aliphatic heterocycles. The standard InChI is InChI=1S/C14H22N2O4S/c1-7-16(9(6-21-7)11(17)18)12(19)14(15)8-4-5-20-10(8)13(14,2)3/h7-10H,4-6,15H2,1-3H3,(H,17,18). The molecule has 0 bridgehead atoms. The van der Waals surface area contributed by atoms with Crippen molar-refractivity contribution in [2.45, 2.75) is 50.3 Å². The topological polar surface area (TPSA) is 92.9 Å². The normalized spacial score (nSPS) is 44.3. The molecule has 0 aromatic rings. The summed E-state index contributed by atoms with van der Waals surface area (Å²) in [5, 5.41) is 9.20. The van der Waals surface area contributed by atoms with E-state index in [-0.39, 0.29) is 23.3 Å². The minimum absolute atomic E-state index is 0.000269. The summed E-state index contributed by atoms with van der Waals surface area (Å²) < 4.78 is 5.70. The number of carboxylic acid groups (broad SMARTS) is 1. The largest absolute Gasteiger partial charge is 0.480 e. The van der Waals surface area contributed by atoms with Gasteiger partial charge in [-0.3, -0.25) is 4.79 Å². The molecular weight excluding hydrogens is 292 g/mol. The van der Waals surface area contributed by atoms with Crippen molar-refractivity contribution in [3.8, 4) is 0 Å². The van der Waals surface area contributed by atoms with E-state index in [0.717, 1.165) is 6.42 Å². The molecule has 3 N–H and O–H groups in total. The van der Waals surface area contributed by atoms with Gasteiger partial charge in [0.15, 0.2) is 0 Å². The van der Waals surface area contributed by atoms with Crippen LogP contribution in [0.2, 0.25) is 0 Å². The van der Waals surface area contributed by atoms with Crippen LogP contribution in [-0.4, -0.2) is 57.3 Å². The number of thioether (sulfide) groups is 1. The van der Waals surface area contributed by atoms with E-state index in [9.17, 15) is 14.7 Å². The third-order valence-electron chi connectivity index (χ3n) is 5.55. The molecule has 0 spiro atoms. The second-order valence-corrected chi connectivity index (χ2v) is 8.13. The van der Waals surface area contributed by atoms with E-state index >= 15 is 0 Å². The number of amides is 1. The molecule has 0 radical (unpaired) electrons. The first kappa shape index (κ1) is 15.1. The molecule has 0 aromatic carbocycles. The Balaban J connectivity index is 1.92. The number of nitrogens with two attached hydrogens (primary N) is 1. The van der Waals surface area contributed by atoms with Crippen LogP contribution >= 0.6 is 11.8 Å². The predicted molar refractivity (Wildman–Crippen MR) is 78.7 cm³/mol. The van der Waals surface area contributed by atoms with Gasteiger partial charge in [0.25, 0.3) is 0 Å². The van der Waals surface area contributed by atoms with E-state index in [0.29, 0.717) is 12.4 Å². The fourth-order valence-corrected chi connectivity index (χ4v) is 5.34. The van der Waals surface area contributed by atoms with Crippen molar-refractivity contribution >= 4 is 23.6 Å². The first-order chi connectivity index (χ1) is 9.73. The van der Waals surface area contributed by atoms with Crippen LogP contribution in [0, 0.1) is 11.3 Å². The summed E-state index contributed by atoms with van der Waals surface area (Å²) in [7, 11) is 0. The number of ether oxygens (including phenoxy) is 1. The van der Waals surface area contributed by atoms with Crippen LogP contribution in [0.3, 0.4) is 0 Å². The molecule has 0 aromatic heterocycles. The number of hydrogen-bond donors (Lipinski definition) is 2. The highest BCUT2D eigenvalue weighted by atomic mass is 32.2. The van der Waals surface area contributed by atoms with Crippen LogP contribution in [0.4, 0.5) is 0 Å². The maximum absolute atomic E-state index is 13.1. The van der Waals surface area contributed by atoms with Crippen LogP contribution in [0.1, 0.15) is 27.2 Å². The molecule has 3 rings (SSSR count). The van der Waals surface area contributed by atoms with Gasteiger partial charge in [-0.05, 0) is 13.3 Å². The zero-order valence-electron chi connectivity index (χ0n) is 12.5. The van der Waals surface area contributed by atoms with Crippen LogP contribution in [-0.2, 0) is 14.3 Å². The van der Waals surface area contributed by atoms with Crippen LogP contribution < -0.4 is 5.73 Å². The lowest BCUT2D eigenvalue weighted by Gasteiger charge is -2.61. The predicted octanol–water partition coefficient (Wildman–Crippen LogP) is 0.503. The molecule has 118 valence electrons. The van der Waals surface area contributed by atoms with Gasteiger partial charge >= 0.3 is 5.97 Å². The molecule has 5 atom stereocenters. The van der Waals surface area contributed by atoms with Crippen LogP contribution in [0.5, 0.6) is 0 Å². The summed E-state index contributed by atoms with van der Waals surface area (Å²) in [5.74, 6) is -0.778. The van der Waals surface area contributed by atoms with Gasteiger partial charge in [0.05, 0.1) is 11.5 Å². The van der Waals surface area contributed by atoms with Gasteiger partial charge in [0, 0.05) is 23.7 Å². The van der Waals surface area contributed by atoms with E-state index in [2.05, 4.69) is 0 Å². The SMILES string of the molecule is CC1SCC(C(=O)O)N1C(=O)C1(N)C2CCOC2C1(C)C. The minimum Gasteiger partial charge on any atom is -0.480 e. The van der Waals surface area contributed by atoms with Gasteiger partial charge in [0.2, 0.25) is 5.91 Å². The van der Waals surface area contributed by atoms with Crippen molar-refractivity contribution in [1.82, 2.24) is 4.90 Å². The highest BCUT2D eigenvalue weighted by molar-refractivity contribution is 8.00. The second kappa shape index (κ2) is 4.60. The fourth-order valence-electron chi connectivity index (χ4n) is 4.17. The molecular formula is C14H22N2O4S. The van der Waals surface area contributed by atoms with Crippen molar-refractivity contribution in [2.24, 2.45) is 17.1 Å². The summed E-state index contributed by atoms with van der Waals surface area (Å²) in [6.45, 7) is 6.38. The molecule has 21 heavy (non-hydrogen) atoms. The number of rotatable bonds is 2. The molecule has 2 saturated heterocycles. The third kappa shape index (κ3) is 1.74. The van der Waals surface area contributed by atoms with Crippen molar-refractivity contribution in [3.63, 3.8) is 0 Å². The Labute approximate surface area is 128 Å². The molecule has 3 fully saturated rings. The Hall–Kier alpha value is -0.790. The number of carbonyl (C=O) groups is 2. The summed E-state index contributed by atoms with van der Waals surface area (Å²) >= 11 is 1.48. The fraction of sp³-hybridized carbons (Fsp3) is 0.857. The van der Waals surface area contributed by atoms with Crippen molar-refractivity contribution in [3.05, 3.63) is 0 Å². The number of fused-ring (bicyclic) bond motifs is 1. The van der Waals surface area contributed by atoms with Gasteiger partial charge in [-0.25, -0.2) is 4.79 Å². The molecule has 1 aliphatic carbocycles. The molecule has 5 unspecified atom stereocenters. The monoisotopic (exact) mass is 314 g/mol. The summed E-state index contributed by atoms with van der Waals surface area (Å²) in [6, 6.07) is -0.782. The van der Waals surface area contributed by atoms with Crippen molar-refractivity contribution < 1.29 is 19.4 Å². The molecule has 2 heterocycles. The number of carbonyl (C=O) groups excluding carboxylic acids is 1. The second-order valence-electron chi connectivity index (χ2n) is 6.78. The van der Waals surface area contributed by atoms with E-state index in [1.54, 1.807) is 0 Å². The van der Waals surface area contributed by atoms with Gasteiger partial charge in [-0.1, -0.05) is 13.8 Å². The van der Waals surface area contributed by atoms with Crippen LogP contribution in [0.25, 0.3) is 0 Å². The molecule has 1 amide bonds. The Kier molecular flexibility index (Phi) is 3.31. The molecule has 6 nitrogen and oxygen atoms in total. The summed E-state index contributed by atoms with van der Waals surface area (Å²) in [6.07, 6.45) is 0.768.